The fraction of sp³-hybridized carbons (Fsp3) is 0.136. The molecule has 0 bridgehead atoms. The number of benzene rings is 1. The Balaban J connectivity index is 1.79. The Morgan fingerprint density at radius 2 is 1.85 bits per heavy atom. The lowest BCUT2D eigenvalue weighted by Gasteiger charge is -2.10. The number of nitrogens with zero attached hydrogens (tertiary/aromatic N) is 3. The Hall–Kier alpha value is -3.47. The smallest absolute Gasteiger partial charge is 0.155 e. The molecule has 132 valence electrons. The van der Waals surface area contributed by atoms with Crippen molar-refractivity contribution in [3.05, 3.63) is 66.7 Å². The molecule has 5 nitrogen and oxygen atoms in total. The zero-order valence-corrected chi connectivity index (χ0v) is 15.2. The molecule has 0 saturated carbocycles. The van der Waals surface area contributed by atoms with E-state index in [4.69, 9.17) is 0 Å². The van der Waals surface area contributed by atoms with Gasteiger partial charge in [-0.1, -0.05) is 26.0 Å². The van der Waals surface area contributed by atoms with Crippen LogP contribution in [-0.2, 0) is 0 Å². The zero-order chi connectivity index (χ0) is 18.4. The van der Waals surface area contributed by atoms with E-state index in [1.807, 2.05) is 24.7 Å². The van der Waals surface area contributed by atoms with E-state index in [0.717, 1.165) is 33.4 Å². The molecule has 0 aliphatic rings. The number of aromatic amines is 2. The van der Waals surface area contributed by atoms with Crippen molar-refractivity contribution in [1.82, 2.24) is 25.1 Å². The highest BCUT2D eigenvalue weighted by Crippen LogP contribution is 2.39. The molecule has 4 aromatic heterocycles. The molecule has 0 saturated heterocycles. The summed E-state index contributed by atoms with van der Waals surface area (Å²) in [6, 6.07) is 12.7. The number of pyridine rings is 2. The van der Waals surface area contributed by atoms with Crippen molar-refractivity contribution in [2.75, 3.05) is 0 Å². The minimum Gasteiger partial charge on any atom is -0.354 e. The topological polar surface area (TPSA) is 70.2 Å². The summed E-state index contributed by atoms with van der Waals surface area (Å²) in [6.45, 7) is 4.47. The second-order valence-electron chi connectivity index (χ2n) is 7.06. The number of fused-ring (bicyclic) bond motifs is 2. The molecule has 0 aliphatic heterocycles. The van der Waals surface area contributed by atoms with E-state index in [9.17, 15) is 0 Å². The van der Waals surface area contributed by atoms with Gasteiger partial charge in [-0.2, -0.15) is 5.10 Å². The van der Waals surface area contributed by atoms with E-state index in [2.05, 4.69) is 69.3 Å². The molecule has 2 N–H and O–H groups in total. The van der Waals surface area contributed by atoms with Crippen LogP contribution in [0, 0.1) is 0 Å². The van der Waals surface area contributed by atoms with Crippen molar-refractivity contribution in [2.45, 2.75) is 19.8 Å². The number of hydrogen-bond donors (Lipinski definition) is 2. The normalized spacial score (nSPS) is 11.7. The second kappa shape index (κ2) is 6.06. The zero-order valence-electron chi connectivity index (χ0n) is 15.2. The molecule has 0 spiro atoms. The van der Waals surface area contributed by atoms with Crippen molar-refractivity contribution in [1.29, 1.82) is 0 Å². The predicted octanol–water partition coefficient (Wildman–Crippen LogP) is 5.29. The maximum atomic E-state index is 4.37. The molecule has 0 radical (unpaired) electrons. The van der Waals surface area contributed by atoms with E-state index in [-0.39, 0.29) is 0 Å². The van der Waals surface area contributed by atoms with Crippen molar-refractivity contribution >= 4 is 21.9 Å². The summed E-state index contributed by atoms with van der Waals surface area (Å²) in [4.78, 5) is 12.3. The molecule has 0 aliphatic carbocycles. The molecule has 1 aromatic carbocycles. The van der Waals surface area contributed by atoms with Crippen LogP contribution in [0.25, 0.3) is 44.3 Å². The van der Waals surface area contributed by atoms with Crippen molar-refractivity contribution in [3.63, 3.8) is 0 Å². The van der Waals surface area contributed by atoms with Gasteiger partial charge in [-0.15, -0.1) is 0 Å². The summed E-state index contributed by atoms with van der Waals surface area (Å²) < 4.78 is 0. The van der Waals surface area contributed by atoms with Crippen LogP contribution in [0.15, 0.2) is 61.2 Å². The van der Waals surface area contributed by atoms with Crippen LogP contribution in [0.1, 0.15) is 25.3 Å². The largest absolute Gasteiger partial charge is 0.354 e. The molecule has 0 atom stereocenters. The SMILES string of the molecule is CC(C)c1c(-c2ccnc3[nH]ncc23)[nH]c2ccc(-c3cccnc3)cc12. The third kappa shape index (κ3) is 2.51. The van der Waals surface area contributed by atoms with E-state index >= 15 is 0 Å². The van der Waals surface area contributed by atoms with Crippen molar-refractivity contribution in [3.8, 4) is 22.4 Å². The molecule has 5 aromatic rings. The maximum absolute atomic E-state index is 4.37. The maximum Gasteiger partial charge on any atom is 0.155 e. The lowest BCUT2D eigenvalue weighted by atomic mass is 9.94. The van der Waals surface area contributed by atoms with Gasteiger partial charge in [0.25, 0.3) is 0 Å². The number of rotatable bonds is 3. The lowest BCUT2D eigenvalue weighted by Crippen LogP contribution is -1.91. The first-order valence-electron chi connectivity index (χ1n) is 9.07. The van der Waals surface area contributed by atoms with Crippen LogP contribution in [0.3, 0.4) is 0 Å². The summed E-state index contributed by atoms with van der Waals surface area (Å²) in [5.41, 5.74) is 7.80. The Bertz CT molecular complexity index is 1250. The minimum atomic E-state index is 0.369. The van der Waals surface area contributed by atoms with Gasteiger partial charge < -0.3 is 4.98 Å². The number of aromatic nitrogens is 5. The van der Waals surface area contributed by atoms with Crippen LogP contribution in [-0.4, -0.2) is 25.1 Å². The van der Waals surface area contributed by atoms with E-state index in [1.165, 1.54) is 16.5 Å². The third-order valence-electron chi connectivity index (χ3n) is 5.03. The number of H-pyrrole nitrogens is 2. The van der Waals surface area contributed by atoms with Gasteiger partial charge in [-0.05, 0) is 41.3 Å². The van der Waals surface area contributed by atoms with Gasteiger partial charge in [0, 0.05) is 46.0 Å². The average Bonchev–Trinajstić information content (AvgIpc) is 3.32. The highest BCUT2D eigenvalue weighted by molar-refractivity contribution is 5.99. The van der Waals surface area contributed by atoms with Gasteiger partial charge in [0.1, 0.15) is 0 Å². The minimum absolute atomic E-state index is 0.369. The quantitative estimate of drug-likeness (QED) is 0.463. The van der Waals surface area contributed by atoms with Gasteiger partial charge in [0.05, 0.1) is 11.9 Å². The van der Waals surface area contributed by atoms with Crippen molar-refractivity contribution < 1.29 is 0 Å². The summed E-state index contributed by atoms with van der Waals surface area (Å²) in [7, 11) is 0. The molecule has 27 heavy (non-hydrogen) atoms. The van der Waals surface area contributed by atoms with Crippen LogP contribution in [0.4, 0.5) is 0 Å². The Morgan fingerprint density at radius 1 is 0.926 bits per heavy atom. The first-order chi connectivity index (χ1) is 13.2. The Labute approximate surface area is 156 Å². The molecule has 5 heteroatoms. The first kappa shape index (κ1) is 15.8. The van der Waals surface area contributed by atoms with E-state index in [0.29, 0.717) is 5.92 Å². The van der Waals surface area contributed by atoms with Gasteiger partial charge in [-0.25, -0.2) is 4.98 Å². The number of hydrogen-bond acceptors (Lipinski definition) is 3. The molecule has 0 unspecified atom stereocenters. The van der Waals surface area contributed by atoms with Crippen LogP contribution < -0.4 is 0 Å². The summed E-state index contributed by atoms with van der Waals surface area (Å²) in [6.07, 6.45) is 7.37. The van der Waals surface area contributed by atoms with Crippen LogP contribution >= 0.6 is 0 Å². The van der Waals surface area contributed by atoms with Crippen LogP contribution in [0.5, 0.6) is 0 Å². The molecular formula is C22H19N5. The second-order valence-corrected chi connectivity index (χ2v) is 7.06. The highest BCUT2D eigenvalue weighted by atomic mass is 15.1. The van der Waals surface area contributed by atoms with Gasteiger partial charge >= 0.3 is 0 Å². The highest BCUT2D eigenvalue weighted by Gasteiger charge is 2.19. The van der Waals surface area contributed by atoms with Crippen molar-refractivity contribution in [2.24, 2.45) is 0 Å². The third-order valence-corrected chi connectivity index (χ3v) is 5.03. The molecule has 0 fully saturated rings. The summed E-state index contributed by atoms with van der Waals surface area (Å²) in [5.74, 6) is 0.369. The lowest BCUT2D eigenvalue weighted by molar-refractivity contribution is 0.878. The Morgan fingerprint density at radius 3 is 2.67 bits per heavy atom. The fourth-order valence-electron chi connectivity index (χ4n) is 3.81. The number of nitrogens with one attached hydrogen (secondary N) is 2. The average molecular weight is 353 g/mol. The van der Waals surface area contributed by atoms with E-state index < -0.39 is 0 Å². The predicted molar refractivity (Wildman–Crippen MR) is 109 cm³/mol. The molecule has 4 heterocycles. The summed E-state index contributed by atoms with van der Waals surface area (Å²) >= 11 is 0. The van der Waals surface area contributed by atoms with Gasteiger partial charge in [0.2, 0.25) is 0 Å². The van der Waals surface area contributed by atoms with Crippen LogP contribution in [0.2, 0.25) is 0 Å². The monoisotopic (exact) mass is 353 g/mol. The molecule has 0 amide bonds. The van der Waals surface area contributed by atoms with Gasteiger partial charge in [0.15, 0.2) is 5.65 Å². The fourth-order valence-corrected chi connectivity index (χ4v) is 3.81. The van der Waals surface area contributed by atoms with E-state index in [1.54, 1.807) is 6.20 Å². The molecular weight excluding hydrogens is 334 g/mol. The Kier molecular flexibility index (Phi) is 3.53. The first-order valence-corrected chi connectivity index (χ1v) is 9.07. The van der Waals surface area contributed by atoms with Gasteiger partial charge in [-0.3, -0.25) is 10.1 Å². The standard InChI is InChI=1S/C22H19N5/c1-13(2)20-17-10-14(15-4-3-8-23-11-15)5-6-19(17)26-21(20)16-7-9-24-22-18(16)12-25-27-22/h3-13,26H,1-2H3,(H,24,25,27). The molecule has 5 rings (SSSR count). The summed E-state index contributed by atoms with van der Waals surface area (Å²) in [5, 5.41) is 9.39.